The van der Waals surface area contributed by atoms with Gasteiger partial charge in [0.1, 0.15) is 0 Å². The van der Waals surface area contributed by atoms with Gasteiger partial charge >= 0.3 is 0 Å². The van der Waals surface area contributed by atoms with Crippen molar-refractivity contribution >= 4 is 0 Å². The first-order valence-corrected chi connectivity index (χ1v) is 5.11. The minimum atomic E-state index is -0.304. The van der Waals surface area contributed by atoms with Crippen LogP contribution in [0.2, 0.25) is 0 Å². The summed E-state index contributed by atoms with van der Waals surface area (Å²) >= 11 is 0. The van der Waals surface area contributed by atoms with Gasteiger partial charge < -0.3 is 9.84 Å². The van der Waals surface area contributed by atoms with Crippen LogP contribution in [0.15, 0.2) is 0 Å². The lowest BCUT2D eigenvalue weighted by Gasteiger charge is -2.20. The van der Waals surface area contributed by atoms with E-state index in [9.17, 15) is 5.11 Å². The fourth-order valence-corrected chi connectivity index (χ4v) is 0.986. The Hall–Kier alpha value is -0.0800. The monoisotopic (exact) mass is 188 g/mol. The number of hydrogen-bond acceptors (Lipinski definition) is 2. The summed E-state index contributed by atoms with van der Waals surface area (Å²) in [6.07, 6.45) is 1.78. The molecule has 0 aromatic heterocycles. The molecule has 0 saturated heterocycles. The quantitative estimate of drug-likeness (QED) is 0.718. The number of aliphatic hydroxyl groups excluding tert-OH is 1. The molecule has 0 aromatic carbocycles. The summed E-state index contributed by atoms with van der Waals surface area (Å²) in [7, 11) is 0. The van der Waals surface area contributed by atoms with Crippen LogP contribution in [0.5, 0.6) is 0 Å². The Morgan fingerprint density at radius 2 is 1.77 bits per heavy atom. The van der Waals surface area contributed by atoms with Gasteiger partial charge in [-0.1, -0.05) is 20.8 Å². The van der Waals surface area contributed by atoms with Crippen LogP contribution >= 0.6 is 0 Å². The number of hydrogen-bond donors (Lipinski definition) is 1. The van der Waals surface area contributed by atoms with Gasteiger partial charge in [0.05, 0.1) is 18.8 Å². The van der Waals surface area contributed by atoms with Crippen LogP contribution in [0.25, 0.3) is 0 Å². The summed E-state index contributed by atoms with van der Waals surface area (Å²) < 4.78 is 5.32. The van der Waals surface area contributed by atoms with Crippen molar-refractivity contribution in [3.63, 3.8) is 0 Å². The maximum Gasteiger partial charge on any atom is 0.0774 e. The van der Waals surface area contributed by atoms with Gasteiger partial charge in [-0.3, -0.25) is 0 Å². The zero-order chi connectivity index (χ0) is 10.5. The predicted octanol–water partition coefficient (Wildman–Crippen LogP) is 2.60. The van der Waals surface area contributed by atoms with Crippen molar-refractivity contribution in [3.8, 4) is 0 Å². The molecule has 1 unspecified atom stereocenters. The molecule has 0 aromatic rings. The van der Waals surface area contributed by atoms with Gasteiger partial charge in [-0.2, -0.15) is 0 Å². The largest absolute Gasteiger partial charge is 0.391 e. The average molecular weight is 188 g/mol. The Kier molecular flexibility index (Phi) is 5.57. The molecule has 0 aliphatic carbocycles. The second kappa shape index (κ2) is 5.61. The van der Waals surface area contributed by atoms with Gasteiger partial charge in [-0.25, -0.2) is 0 Å². The van der Waals surface area contributed by atoms with E-state index < -0.39 is 0 Å². The van der Waals surface area contributed by atoms with Crippen LogP contribution < -0.4 is 0 Å². The van der Waals surface area contributed by atoms with Gasteiger partial charge in [0.25, 0.3) is 0 Å². The molecule has 0 rings (SSSR count). The molecule has 2 nitrogen and oxygen atoms in total. The number of rotatable bonds is 5. The molecule has 0 amide bonds. The highest BCUT2D eigenvalue weighted by atomic mass is 16.5. The molecule has 0 bridgehead atoms. The molecule has 2 heteroatoms. The van der Waals surface area contributed by atoms with Gasteiger partial charge in [0.2, 0.25) is 0 Å². The summed E-state index contributed by atoms with van der Waals surface area (Å²) in [6.45, 7) is 11.0. The Balaban J connectivity index is 3.46. The van der Waals surface area contributed by atoms with Crippen LogP contribution in [-0.2, 0) is 4.74 Å². The molecule has 0 heterocycles. The van der Waals surface area contributed by atoms with E-state index >= 15 is 0 Å². The lowest BCUT2D eigenvalue weighted by Crippen LogP contribution is -2.20. The first-order chi connectivity index (χ1) is 5.81. The van der Waals surface area contributed by atoms with Gasteiger partial charge in [0, 0.05) is 0 Å². The van der Waals surface area contributed by atoms with Crippen LogP contribution in [0.4, 0.5) is 0 Å². The van der Waals surface area contributed by atoms with Crippen LogP contribution in [0.1, 0.15) is 47.5 Å². The van der Waals surface area contributed by atoms with Crippen molar-refractivity contribution in [2.75, 3.05) is 6.61 Å². The summed E-state index contributed by atoms with van der Waals surface area (Å²) in [5.74, 6) is 0. The highest BCUT2D eigenvalue weighted by molar-refractivity contribution is 4.65. The summed E-state index contributed by atoms with van der Waals surface area (Å²) in [6, 6.07) is 0. The first-order valence-electron chi connectivity index (χ1n) is 5.11. The third kappa shape index (κ3) is 9.84. The van der Waals surface area contributed by atoms with E-state index in [0.29, 0.717) is 12.0 Å². The molecule has 0 aliphatic heterocycles. The minimum Gasteiger partial charge on any atom is -0.391 e. The molecule has 0 saturated carbocycles. The molecular formula is C11H24O2. The second-order valence-electron chi connectivity index (χ2n) is 5.14. The fourth-order valence-electron chi connectivity index (χ4n) is 0.986. The molecule has 0 radical (unpaired) electrons. The molecule has 80 valence electrons. The zero-order valence-electron chi connectivity index (χ0n) is 9.63. The van der Waals surface area contributed by atoms with E-state index in [0.717, 1.165) is 12.8 Å². The highest BCUT2D eigenvalue weighted by Crippen LogP contribution is 2.21. The molecule has 13 heavy (non-hydrogen) atoms. The molecule has 0 fully saturated rings. The van der Waals surface area contributed by atoms with Crippen LogP contribution in [0, 0.1) is 5.41 Å². The van der Waals surface area contributed by atoms with Gasteiger partial charge in [-0.15, -0.1) is 0 Å². The van der Waals surface area contributed by atoms with E-state index in [2.05, 4.69) is 20.8 Å². The van der Waals surface area contributed by atoms with E-state index in [1.165, 1.54) is 0 Å². The fraction of sp³-hybridized carbons (Fsp3) is 1.00. The van der Waals surface area contributed by atoms with Crippen LogP contribution in [0.3, 0.4) is 0 Å². The summed E-state index contributed by atoms with van der Waals surface area (Å²) in [4.78, 5) is 0. The standard InChI is InChI=1S/C11H24O2/c1-9(2)13-8-10(12)6-7-11(3,4)5/h9-10,12H,6-8H2,1-5H3. The molecule has 1 atom stereocenters. The third-order valence-corrected chi connectivity index (χ3v) is 1.85. The Morgan fingerprint density at radius 3 is 2.15 bits per heavy atom. The van der Waals surface area contributed by atoms with Gasteiger partial charge in [0.15, 0.2) is 0 Å². The average Bonchev–Trinajstić information content (AvgIpc) is 1.95. The number of ether oxygens (including phenoxy) is 1. The summed E-state index contributed by atoms with van der Waals surface area (Å²) in [5, 5.41) is 9.54. The highest BCUT2D eigenvalue weighted by Gasteiger charge is 2.13. The predicted molar refractivity (Wildman–Crippen MR) is 55.8 cm³/mol. The Labute approximate surface area is 82.3 Å². The molecule has 0 aliphatic rings. The lowest BCUT2D eigenvalue weighted by molar-refractivity contribution is -0.00114. The Morgan fingerprint density at radius 1 is 1.23 bits per heavy atom. The van der Waals surface area contributed by atoms with E-state index in [-0.39, 0.29) is 12.2 Å². The Bertz CT molecular complexity index is 125. The minimum absolute atomic E-state index is 0.212. The maximum absolute atomic E-state index is 9.54. The summed E-state index contributed by atoms with van der Waals surface area (Å²) in [5.41, 5.74) is 0.304. The topological polar surface area (TPSA) is 29.5 Å². The van der Waals surface area contributed by atoms with E-state index in [1.807, 2.05) is 13.8 Å². The first kappa shape index (κ1) is 12.9. The van der Waals surface area contributed by atoms with E-state index in [1.54, 1.807) is 0 Å². The molecular weight excluding hydrogens is 164 g/mol. The third-order valence-electron chi connectivity index (χ3n) is 1.85. The van der Waals surface area contributed by atoms with Crippen molar-refractivity contribution in [3.05, 3.63) is 0 Å². The lowest BCUT2D eigenvalue weighted by atomic mass is 9.89. The van der Waals surface area contributed by atoms with Crippen molar-refractivity contribution in [1.82, 2.24) is 0 Å². The molecule has 1 N–H and O–H groups in total. The van der Waals surface area contributed by atoms with Crippen molar-refractivity contribution < 1.29 is 9.84 Å². The maximum atomic E-state index is 9.54. The normalized spacial score (nSPS) is 15.0. The SMILES string of the molecule is CC(C)OCC(O)CCC(C)(C)C. The second-order valence-corrected chi connectivity index (χ2v) is 5.14. The van der Waals surface area contributed by atoms with Crippen molar-refractivity contribution in [1.29, 1.82) is 0 Å². The van der Waals surface area contributed by atoms with Crippen molar-refractivity contribution in [2.24, 2.45) is 5.41 Å². The van der Waals surface area contributed by atoms with E-state index in [4.69, 9.17) is 4.74 Å². The molecule has 0 spiro atoms. The zero-order valence-corrected chi connectivity index (χ0v) is 9.63. The van der Waals surface area contributed by atoms with Gasteiger partial charge in [-0.05, 0) is 32.1 Å². The number of aliphatic hydroxyl groups is 1. The smallest absolute Gasteiger partial charge is 0.0774 e. The van der Waals surface area contributed by atoms with Crippen molar-refractivity contribution in [2.45, 2.75) is 59.7 Å². The van der Waals surface area contributed by atoms with Crippen LogP contribution in [-0.4, -0.2) is 23.9 Å².